The van der Waals surface area contributed by atoms with Crippen LogP contribution in [0.3, 0.4) is 0 Å². The van der Waals surface area contributed by atoms with E-state index in [-0.39, 0.29) is 70.2 Å². The van der Waals surface area contributed by atoms with Crippen molar-refractivity contribution in [2.75, 3.05) is 0 Å². The van der Waals surface area contributed by atoms with Gasteiger partial charge in [0.15, 0.2) is 0 Å². The van der Waals surface area contributed by atoms with Crippen LogP contribution in [0.5, 0.6) is 0 Å². The molecule has 0 N–H and O–H groups in total. The number of hydrogen-bond donors (Lipinski definition) is 0. The molecule has 44 heavy (non-hydrogen) atoms. The van der Waals surface area contributed by atoms with E-state index in [1.165, 1.54) is 24.3 Å². The Bertz CT molecular complexity index is 1830. The summed E-state index contributed by atoms with van der Waals surface area (Å²) in [5.41, 5.74) is 1.98. The first-order valence-electron chi connectivity index (χ1n) is 11.8. The molecule has 0 aliphatic heterocycles. The van der Waals surface area contributed by atoms with Crippen molar-refractivity contribution in [2.24, 2.45) is 0 Å². The number of nitro groups is 2. The summed E-state index contributed by atoms with van der Waals surface area (Å²) in [6.45, 7) is 0. The SMILES string of the molecule is O=[N+]([O-])c1ccc(/C=C/c2ccc(-c3ccc(/C=C/c4ccc([N+](=O)[O-])cc4S(=O)(=O)[O-])cc3)cc2)c(S(=O)(=O)[O-])c1.[Na+].[Na+]. The van der Waals surface area contributed by atoms with E-state index in [1.54, 1.807) is 60.7 Å². The number of nitro benzene ring substituents is 2. The molecule has 0 saturated heterocycles. The Morgan fingerprint density at radius 3 is 1.09 bits per heavy atom. The predicted octanol–water partition coefficient (Wildman–Crippen LogP) is -0.673. The molecule has 0 aliphatic carbocycles. The first-order chi connectivity index (χ1) is 19.7. The van der Waals surface area contributed by atoms with Gasteiger partial charge in [0.25, 0.3) is 11.4 Å². The minimum atomic E-state index is -4.95. The molecule has 12 nitrogen and oxygen atoms in total. The van der Waals surface area contributed by atoms with Crippen molar-refractivity contribution in [1.29, 1.82) is 0 Å². The second kappa shape index (κ2) is 15.3. The Morgan fingerprint density at radius 2 is 0.818 bits per heavy atom. The molecule has 4 aromatic carbocycles. The topological polar surface area (TPSA) is 201 Å². The Kier molecular flexibility index (Phi) is 12.9. The van der Waals surface area contributed by atoms with Crippen LogP contribution in [0, 0.1) is 20.2 Å². The van der Waals surface area contributed by atoms with Crippen LogP contribution in [0.4, 0.5) is 11.4 Å². The fourth-order valence-corrected chi connectivity index (χ4v) is 5.31. The van der Waals surface area contributed by atoms with Crippen molar-refractivity contribution >= 4 is 55.9 Å². The van der Waals surface area contributed by atoms with Gasteiger partial charge in [-0.1, -0.05) is 72.8 Å². The van der Waals surface area contributed by atoms with Gasteiger partial charge in [-0.25, -0.2) is 16.8 Å². The molecule has 0 heterocycles. The van der Waals surface area contributed by atoms with E-state index in [0.717, 1.165) is 35.4 Å². The standard InChI is InChI=1S/C28H20N2O10S2.2Na/c31-29(32)25-15-13-23(27(17-25)41(35,36)37)11-5-19-1-7-21(8-2-19)22-9-3-20(4-10-22)6-12-24-14-16-26(30(33)34)18-28(24)42(38,39)40;;/h1-18H,(H,35,36,37)(H,38,39,40);;/q;2*+1/p-2/b11-5+,12-6+;;. The second-order valence-corrected chi connectivity index (χ2v) is 11.5. The number of non-ortho nitro benzene ring substituents is 2. The second-order valence-electron chi connectivity index (χ2n) is 8.78. The number of hydrogen-bond acceptors (Lipinski definition) is 10. The van der Waals surface area contributed by atoms with Crippen molar-refractivity contribution in [2.45, 2.75) is 9.79 Å². The van der Waals surface area contributed by atoms with E-state index < -0.39 is 51.2 Å². The van der Waals surface area contributed by atoms with E-state index >= 15 is 0 Å². The summed E-state index contributed by atoms with van der Waals surface area (Å²) in [7, 11) is -9.90. The van der Waals surface area contributed by atoms with Crippen LogP contribution >= 0.6 is 0 Å². The fraction of sp³-hybridized carbons (Fsp3) is 0. The first kappa shape index (κ1) is 37.2. The first-order valence-corrected chi connectivity index (χ1v) is 14.6. The maximum atomic E-state index is 11.6. The monoisotopic (exact) mass is 652 g/mol. The Morgan fingerprint density at radius 1 is 0.500 bits per heavy atom. The molecule has 0 spiro atoms. The normalized spacial score (nSPS) is 11.6. The van der Waals surface area contributed by atoms with Gasteiger partial charge >= 0.3 is 59.1 Å². The van der Waals surface area contributed by atoms with E-state index in [4.69, 9.17) is 0 Å². The molecule has 0 unspecified atom stereocenters. The van der Waals surface area contributed by atoms with E-state index in [9.17, 15) is 46.2 Å². The molecule has 4 rings (SSSR count). The maximum absolute atomic E-state index is 11.6. The molecule has 0 aromatic heterocycles. The quantitative estimate of drug-likeness (QED) is 0.0734. The molecular weight excluding hydrogens is 634 g/mol. The van der Waals surface area contributed by atoms with Gasteiger partial charge in [0.2, 0.25) is 0 Å². The molecule has 0 radical (unpaired) electrons. The van der Waals surface area contributed by atoms with Crippen molar-refractivity contribution in [3.05, 3.63) is 127 Å². The van der Waals surface area contributed by atoms with Crippen LogP contribution in [0.2, 0.25) is 0 Å². The Hall–Kier alpha value is -3.02. The third kappa shape index (κ3) is 9.49. The van der Waals surface area contributed by atoms with E-state index in [0.29, 0.717) is 11.1 Å². The molecule has 4 aromatic rings. The van der Waals surface area contributed by atoms with Crippen LogP contribution in [0.1, 0.15) is 22.3 Å². The maximum Gasteiger partial charge on any atom is 1.00 e. The van der Waals surface area contributed by atoms with Crippen LogP contribution in [-0.4, -0.2) is 35.8 Å². The fourth-order valence-electron chi connectivity index (χ4n) is 3.93. The molecule has 0 fully saturated rings. The third-order valence-corrected chi connectivity index (χ3v) is 7.80. The van der Waals surface area contributed by atoms with Gasteiger partial charge in [-0.3, -0.25) is 20.2 Å². The van der Waals surface area contributed by atoms with Crippen LogP contribution in [-0.2, 0) is 20.2 Å². The van der Waals surface area contributed by atoms with Gasteiger partial charge in [-0.15, -0.1) is 0 Å². The molecule has 0 saturated carbocycles. The minimum absolute atomic E-state index is 0. The van der Waals surface area contributed by atoms with E-state index in [2.05, 4.69) is 0 Å². The third-order valence-electron chi connectivity index (χ3n) is 6.02. The Balaban J connectivity index is 0.00000337. The summed E-state index contributed by atoms with van der Waals surface area (Å²) in [5.74, 6) is 0. The molecule has 16 heteroatoms. The van der Waals surface area contributed by atoms with Crippen LogP contribution in [0.15, 0.2) is 94.7 Å². The van der Waals surface area contributed by atoms with E-state index in [1.807, 2.05) is 0 Å². The summed E-state index contributed by atoms with van der Waals surface area (Å²) in [5, 5.41) is 21.9. The Labute approximate surface area is 296 Å². The zero-order valence-electron chi connectivity index (χ0n) is 23.2. The predicted molar refractivity (Wildman–Crippen MR) is 152 cm³/mol. The van der Waals surface area contributed by atoms with Crippen molar-refractivity contribution < 1.29 is 94.9 Å². The van der Waals surface area contributed by atoms with Gasteiger partial charge in [0.1, 0.15) is 20.2 Å². The minimum Gasteiger partial charge on any atom is -0.744 e. The van der Waals surface area contributed by atoms with Crippen molar-refractivity contribution in [3.8, 4) is 11.1 Å². The molecule has 0 aliphatic rings. The van der Waals surface area contributed by atoms with Gasteiger partial charge in [-0.05, 0) is 45.5 Å². The zero-order chi connectivity index (χ0) is 30.7. The van der Waals surface area contributed by atoms with Gasteiger partial charge in [-0.2, -0.15) is 0 Å². The average Bonchev–Trinajstić information content (AvgIpc) is 2.94. The number of rotatable bonds is 9. The molecular formula is C28H18N2Na2O10S2. The van der Waals surface area contributed by atoms with Gasteiger partial charge in [0, 0.05) is 24.3 Å². The van der Waals surface area contributed by atoms with Crippen molar-refractivity contribution in [3.63, 3.8) is 0 Å². The summed E-state index contributed by atoms with van der Waals surface area (Å²) in [6, 6.07) is 20.2. The molecule has 0 atom stereocenters. The summed E-state index contributed by atoms with van der Waals surface area (Å²) in [4.78, 5) is 18.9. The summed E-state index contributed by atoms with van der Waals surface area (Å²) < 4.78 is 69.6. The molecule has 214 valence electrons. The van der Waals surface area contributed by atoms with Gasteiger partial charge < -0.3 is 9.11 Å². The number of nitrogens with zero attached hydrogens (tertiary/aromatic N) is 2. The largest absolute Gasteiger partial charge is 1.00 e. The average molecular weight is 653 g/mol. The van der Waals surface area contributed by atoms with Gasteiger partial charge in [0.05, 0.1) is 19.6 Å². The summed E-state index contributed by atoms with van der Waals surface area (Å²) >= 11 is 0. The van der Waals surface area contributed by atoms with Crippen LogP contribution in [0.25, 0.3) is 35.4 Å². The summed E-state index contributed by atoms with van der Waals surface area (Å²) in [6.07, 6.45) is 5.86. The molecule has 0 bridgehead atoms. The zero-order valence-corrected chi connectivity index (χ0v) is 28.8. The van der Waals surface area contributed by atoms with Crippen molar-refractivity contribution in [1.82, 2.24) is 0 Å². The smallest absolute Gasteiger partial charge is 0.744 e. The number of benzene rings is 4. The van der Waals surface area contributed by atoms with Crippen LogP contribution < -0.4 is 59.1 Å². The molecule has 0 amide bonds.